The maximum atomic E-state index is 12.0. The van der Waals surface area contributed by atoms with E-state index in [9.17, 15) is 9.90 Å². The van der Waals surface area contributed by atoms with E-state index in [1.54, 1.807) is 0 Å². The zero-order chi connectivity index (χ0) is 13.2. The van der Waals surface area contributed by atoms with Crippen LogP contribution in [0.15, 0.2) is 30.3 Å². The Labute approximate surface area is 113 Å². The van der Waals surface area contributed by atoms with Crippen molar-refractivity contribution < 1.29 is 9.90 Å². The molecule has 2 N–H and O–H groups in total. The molecule has 0 spiro atoms. The number of para-hydroxylation sites is 1. The highest BCUT2D eigenvalue weighted by Gasteiger charge is 2.41. The summed E-state index contributed by atoms with van der Waals surface area (Å²) in [5.41, 5.74) is 0.840. The van der Waals surface area contributed by atoms with Gasteiger partial charge in [0.15, 0.2) is 0 Å². The third-order valence-electron chi connectivity index (χ3n) is 4.32. The molecule has 2 aliphatic rings. The van der Waals surface area contributed by atoms with Crippen molar-refractivity contribution >= 4 is 11.6 Å². The van der Waals surface area contributed by atoms with Crippen LogP contribution in [0.1, 0.15) is 12.8 Å². The van der Waals surface area contributed by atoms with Gasteiger partial charge in [-0.05, 0) is 30.9 Å². The smallest absolute Gasteiger partial charge is 0.238 e. The second-order valence-electron chi connectivity index (χ2n) is 5.68. The highest BCUT2D eigenvalue weighted by Crippen LogP contribution is 2.37. The molecule has 2 fully saturated rings. The minimum Gasteiger partial charge on any atom is -0.393 e. The quantitative estimate of drug-likeness (QED) is 0.862. The van der Waals surface area contributed by atoms with Gasteiger partial charge in [0.05, 0.1) is 12.6 Å². The van der Waals surface area contributed by atoms with Gasteiger partial charge in [0.1, 0.15) is 0 Å². The molecule has 0 radical (unpaired) electrons. The average molecular weight is 260 g/mol. The SMILES string of the molecule is O=C(CN1CC2CCC(O)C2C1)Nc1ccccc1. The van der Waals surface area contributed by atoms with E-state index in [0.29, 0.717) is 18.4 Å². The van der Waals surface area contributed by atoms with Gasteiger partial charge in [-0.2, -0.15) is 0 Å². The molecule has 4 heteroatoms. The Kier molecular flexibility index (Phi) is 3.53. The van der Waals surface area contributed by atoms with Crippen molar-refractivity contribution in [3.05, 3.63) is 30.3 Å². The van der Waals surface area contributed by atoms with Gasteiger partial charge in [0, 0.05) is 24.7 Å². The summed E-state index contributed by atoms with van der Waals surface area (Å²) in [6, 6.07) is 9.53. The monoisotopic (exact) mass is 260 g/mol. The van der Waals surface area contributed by atoms with Crippen LogP contribution in [-0.2, 0) is 4.79 Å². The molecule has 102 valence electrons. The van der Waals surface area contributed by atoms with Crippen LogP contribution in [-0.4, -0.2) is 41.7 Å². The van der Waals surface area contributed by atoms with E-state index in [4.69, 9.17) is 0 Å². The number of rotatable bonds is 3. The Bertz CT molecular complexity index is 449. The number of nitrogens with zero attached hydrogens (tertiary/aromatic N) is 1. The second kappa shape index (κ2) is 5.31. The number of anilines is 1. The van der Waals surface area contributed by atoms with Crippen molar-refractivity contribution in [1.29, 1.82) is 0 Å². The van der Waals surface area contributed by atoms with E-state index in [1.807, 2.05) is 30.3 Å². The molecule has 1 saturated carbocycles. The predicted molar refractivity (Wildman–Crippen MR) is 73.7 cm³/mol. The zero-order valence-corrected chi connectivity index (χ0v) is 11.0. The van der Waals surface area contributed by atoms with Crippen molar-refractivity contribution in [2.45, 2.75) is 18.9 Å². The number of likely N-dealkylation sites (tertiary alicyclic amines) is 1. The highest BCUT2D eigenvalue weighted by molar-refractivity contribution is 5.92. The van der Waals surface area contributed by atoms with Gasteiger partial charge in [-0.1, -0.05) is 18.2 Å². The van der Waals surface area contributed by atoms with Gasteiger partial charge in [0.2, 0.25) is 5.91 Å². The molecule has 19 heavy (non-hydrogen) atoms. The summed E-state index contributed by atoms with van der Waals surface area (Å²) >= 11 is 0. The molecular formula is C15H20N2O2. The van der Waals surface area contributed by atoms with E-state index in [0.717, 1.165) is 31.6 Å². The fourth-order valence-electron chi connectivity index (χ4n) is 3.38. The van der Waals surface area contributed by atoms with E-state index < -0.39 is 0 Å². The summed E-state index contributed by atoms with van der Waals surface area (Å²) < 4.78 is 0. The Hall–Kier alpha value is -1.39. The third kappa shape index (κ3) is 2.80. The number of carbonyl (C=O) groups is 1. The maximum absolute atomic E-state index is 12.0. The molecule has 0 bridgehead atoms. The van der Waals surface area contributed by atoms with Crippen molar-refractivity contribution in [1.82, 2.24) is 4.90 Å². The summed E-state index contributed by atoms with van der Waals surface area (Å²) in [6.07, 6.45) is 1.87. The van der Waals surface area contributed by atoms with Crippen LogP contribution in [0, 0.1) is 11.8 Å². The predicted octanol–water partition coefficient (Wildman–Crippen LogP) is 1.33. The lowest BCUT2D eigenvalue weighted by Gasteiger charge is -2.17. The summed E-state index contributed by atoms with van der Waals surface area (Å²) in [4.78, 5) is 14.1. The molecule has 1 heterocycles. The molecule has 3 atom stereocenters. The fraction of sp³-hybridized carbons (Fsp3) is 0.533. The number of amides is 1. The zero-order valence-electron chi connectivity index (χ0n) is 11.0. The molecule has 1 aliphatic carbocycles. The Morgan fingerprint density at radius 1 is 1.26 bits per heavy atom. The molecule has 4 nitrogen and oxygen atoms in total. The number of aliphatic hydroxyl groups excluding tert-OH is 1. The first-order chi connectivity index (χ1) is 9.22. The average Bonchev–Trinajstić information content (AvgIpc) is 2.93. The van der Waals surface area contributed by atoms with Crippen LogP contribution in [0.2, 0.25) is 0 Å². The van der Waals surface area contributed by atoms with Gasteiger partial charge in [-0.25, -0.2) is 0 Å². The number of aliphatic hydroxyl groups is 1. The molecule has 1 aromatic rings. The van der Waals surface area contributed by atoms with Gasteiger partial charge in [-0.3, -0.25) is 9.69 Å². The number of hydrogen-bond acceptors (Lipinski definition) is 3. The Morgan fingerprint density at radius 3 is 2.79 bits per heavy atom. The number of benzene rings is 1. The standard InChI is InChI=1S/C15H20N2O2/c18-14-7-6-11-8-17(9-13(11)14)10-15(19)16-12-4-2-1-3-5-12/h1-5,11,13-14,18H,6-10H2,(H,16,19). The van der Waals surface area contributed by atoms with Crippen LogP contribution >= 0.6 is 0 Å². The molecule has 0 aromatic heterocycles. The molecule has 1 saturated heterocycles. The molecular weight excluding hydrogens is 240 g/mol. The first kappa shape index (κ1) is 12.6. The van der Waals surface area contributed by atoms with Crippen molar-refractivity contribution in [3.8, 4) is 0 Å². The van der Waals surface area contributed by atoms with Crippen LogP contribution in [0.25, 0.3) is 0 Å². The van der Waals surface area contributed by atoms with Gasteiger partial charge in [-0.15, -0.1) is 0 Å². The van der Waals surface area contributed by atoms with Crippen LogP contribution < -0.4 is 5.32 Å². The normalized spacial score (nSPS) is 30.3. The lowest BCUT2D eigenvalue weighted by Crippen LogP contribution is -2.33. The first-order valence-corrected chi connectivity index (χ1v) is 6.97. The fourth-order valence-corrected chi connectivity index (χ4v) is 3.38. The van der Waals surface area contributed by atoms with Gasteiger partial charge >= 0.3 is 0 Å². The van der Waals surface area contributed by atoms with Crippen LogP contribution in [0.5, 0.6) is 0 Å². The van der Waals surface area contributed by atoms with Crippen molar-refractivity contribution in [2.75, 3.05) is 25.0 Å². The van der Waals surface area contributed by atoms with E-state index in [-0.39, 0.29) is 12.0 Å². The number of carbonyl (C=O) groups excluding carboxylic acids is 1. The van der Waals surface area contributed by atoms with E-state index in [1.165, 1.54) is 0 Å². The third-order valence-corrected chi connectivity index (χ3v) is 4.32. The van der Waals surface area contributed by atoms with Gasteiger partial charge in [0.25, 0.3) is 0 Å². The summed E-state index contributed by atoms with van der Waals surface area (Å²) in [6.45, 7) is 2.23. The van der Waals surface area contributed by atoms with Gasteiger partial charge < -0.3 is 10.4 Å². The molecule has 3 rings (SSSR count). The van der Waals surface area contributed by atoms with Crippen molar-refractivity contribution in [2.24, 2.45) is 11.8 Å². The number of nitrogens with one attached hydrogen (secondary N) is 1. The van der Waals surface area contributed by atoms with E-state index in [2.05, 4.69) is 10.2 Å². The van der Waals surface area contributed by atoms with E-state index >= 15 is 0 Å². The molecule has 1 amide bonds. The Balaban J connectivity index is 1.51. The van der Waals surface area contributed by atoms with Crippen LogP contribution in [0.3, 0.4) is 0 Å². The van der Waals surface area contributed by atoms with Crippen molar-refractivity contribution in [3.63, 3.8) is 0 Å². The largest absolute Gasteiger partial charge is 0.393 e. The summed E-state index contributed by atoms with van der Waals surface area (Å²) in [7, 11) is 0. The number of hydrogen-bond donors (Lipinski definition) is 2. The molecule has 3 unspecified atom stereocenters. The molecule has 1 aliphatic heterocycles. The second-order valence-corrected chi connectivity index (χ2v) is 5.68. The summed E-state index contributed by atoms with van der Waals surface area (Å²) in [5, 5.41) is 12.8. The molecule has 1 aromatic carbocycles. The Morgan fingerprint density at radius 2 is 2.05 bits per heavy atom. The maximum Gasteiger partial charge on any atom is 0.238 e. The minimum atomic E-state index is -0.160. The highest BCUT2D eigenvalue weighted by atomic mass is 16.3. The number of fused-ring (bicyclic) bond motifs is 1. The first-order valence-electron chi connectivity index (χ1n) is 6.97. The minimum absolute atomic E-state index is 0.0284. The lowest BCUT2D eigenvalue weighted by atomic mass is 10.00. The lowest BCUT2D eigenvalue weighted by molar-refractivity contribution is -0.117. The summed E-state index contributed by atoms with van der Waals surface area (Å²) in [5.74, 6) is 0.990. The topological polar surface area (TPSA) is 52.6 Å². The van der Waals surface area contributed by atoms with Crippen LogP contribution in [0.4, 0.5) is 5.69 Å².